The van der Waals surface area contributed by atoms with Gasteiger partial charge in [-0.2, -0.15) is 0 Å². The molecule has 5 heteroatoms. The zero-order chi connectivity index (χ0) is 21.9. The molecule has 0 saturated heterocycles. The Bertz CT molecular complexity index is 818. The van der Waals surface area contributed by atoms with Gasteiger partial charge < -0.3 is 4.90 Å². The predicted molar refractivity (Wildman–Crippen MR) is 135 cm³/mol. The van der Waals surface area contributed by atoms with Crippen molar-refractivity contribution in [2.24, 2.45) is 0 Å². The maximum atomic E-state index is 13.2. The number of halogens is 1. The van der Waals surface area contributed by atoms with Crippen LogP contribution in [0.4, 0.5) is 0 Å². The Labute approximate surface area is 191 Å². The Morgan fingerprint density at radius 3 is 1.93 bits per heavy atom. The maximum Gasteiger partial charge on any atom is 0.254 e. The summed E-state index contributed by atoms with van der Waals surface area (Å²) in [5.41, 5.74) is 1.77. The van der Waals surface area contributed by atoms with Crippen molar-refractivity contribution in [3.8, 4) is 0 Å². The highest BCUT2D eigenvalue weighted by molar-refractivity contribution is 14.1. The molecule has 158 valence electrons. The van der Waals surface area contributed by atoms with Crippen LogP contribution in [-0.4, -0.2) is 35.9 Å². The van der Waals surface area contributed by atoms with Gasteiger partial charge in [-0.1, -0.05) is 39.8 Å². The van der Waals surface area contributed by atoms with Crippen molar-refractivity contribution in [3.05, 3.63) is 51.7 Å². The molecule has 0 atom stereocenters. The Balaban J connectivity index is 2.63. The van der Waals surface area contributed by atoms with Crippen LogP contribution < -0.4 is 10.5 Å². The van der Waals surface area contributed by atoms with E-state index in [1.807, 2.05) is 23.2 Å². The van der Waals surface area contributed by atoms with Crippen LogP contribution in [-0.2, 0) is 0 Å². The van der Waals surface area contributed by atoms with Gasteiger partial charge in [-0.25, -0.2) is 0 Å². The molecule has 0 aliphatic carbocycles. The summed E-state index contributed by atoms with van der Waals surface area (Å²) in [7, 11) is -2.12. The van der Waals surface area contributed by atoms with Crippen molar-refractivity contribution in [1.29, 1.82) is 0 Å². The number of amides is 1. The van der Waals surface area contributed by atoms with Gasteiger partial charge in [-0.3, -0.25) is 9.78 Å². The lowest BCUT2D eigenvalue weighted by Gasteiger charge is -2.40. The molecule has 2 rings (SSSR count). The number of aromatic nitrogens is 1. The molecule has 0 aliphatic heterocycles. The quantitative estimate of drug-likeness (QED) is 0.364. The van der Waals surface area contributed by atoms with Gasteiger partial charge in [0.1, 0.15) is 8.07 Å². The number of rotatable bonds is 7. The molecule has 1 heterocycles. The lowest BCUT2D eigenvalue weighted by molar-refractivity contribution is 0.0643. The first kappa shape index (κ1) is 24.1. The molecule has 1 aromatic carbocycles. The van der Waals surface area contributed by atoms with Crippen LogP contribution in [0.3, 0.4) is 0 Å². The van der Waals surface area contributed by atoms with Crippen molar-refractivity contribution < 1.29 is 4.79 Å². The molecule has 0 spiro atoms. The smallest absolute Gasteiger partial charge is 0.254 e. The molecule has 1 aromatic heterocycles. The number of hydrogen-bond acceptors (Lipinski definition) is 2. The van der Waals surface area contributed by atoms with E-state index >= 15 is 0 Å². The SMILES string of the molecule is CC(C)N(C(=O)c1ccc([Si](c2ccccn2)(C(C)C)C(C)C)c(I)c1)C(C)C. The number of pyridine rings is 1. The summed E-state index contributed by atoms with van der Waals surface area (Å²) in [5.74, 6) is 0.110. The van der Waals surface area contributed by atoms with E-state index in [1.54, 1.807) is 0 Å². The fraction of sp³-hybridized carbons (Fsp3) is 0.500. The van der Waals surface area contributed by atoms with E-state index in [-0.39, 0.29) is 18.0 Å². The largest absolute Gasteiger partial charge is 0.334 e. The highest BCUT2D eigenvalue weighted by atomic mass is 127. The van der Waals surface area contributed by atoms with Crippen LogP contribution in [0.25, 0.3) is 0 Å². The van der Waals surface area contributed by atoms with Crippen LogP contribution in [0.1, 0.15) is 65.7 Å². The Kier molecular flexibility index (Phi) is 8.07. The number of benzene rings is 1. The van der Waals surface area contributed by atoms with Crippen LogP contribution in [0, 0.1) is 3.57 Å². The van der Waals surface area contributed by atoms with Gasteiger partial charge in [-0.15, -0.1) is 0 Å². The average Bonchev–Trinajstić information content (AvgIpc) is 2.63. The van der Waals surface area contributed by atoms with Crippen molar-refractivity contribution in [2.75, 3.05) is 0 Å². The number of carbonyl (C=O) groups excluding carboxylic acids is 1. The molecule has 2 aromatic rings. The zero-order valence-corrected chi connectivity index (χ0v) is 22.2. The van der Waals surface area contributed by atoms with Crippen molar-refractivity contribution >= 4 is 47.1 Å². The number of carbonyl (C=O) groups is 1. The number of nitrogens with zero attached hydrogens (tertiary/aromatic N) is 2. The second-order valence-electron chi connectivity index (χ2n) is 8.99. The molecular weight excluding hydrogens is 487 g/mol. The molecule has 0 N–H and O–H groups in total. The molecular formula is C24H35IN2OSi. The topological polar surface area (TPSA) is 33.2 Å². The van der Waals surface area contributed by atoms with Gasteiger partial charge in [0.05, 0.1) is 0 Å². The lowest BCUT2D eigenvalue weighted by atomic mass is 10.1. The van der Waals surface area contributed by atoms with Gasteiger partial charge in [0.2, 0.25) is 0 Å². The third kappa shape index (κ3) is 4.60. The van der Waals surface area contributed by atoms with E-state index in [0.717, 1.165) is 5.56 Å². The minimum atomic E-state index is -2.12. The molecule has 0 bridgehead atoms. The van der Waals surface area contributed by atoms with Gasteiger partial charge in [0, 0.05) is 32.7 Å². The van der Waals surface area contributed by atoms with E-state index < -0.39 is 8.07 Å². The van der Waals surface area contributed by atoms with E-state index in [4.69, 9.17) is 4.98 Å². The van der Waals surface area contributed by atoms with E-state index in [9.17, 15) is 4.79 Å². The summed E-state index contributed by atoms with van der Waals surface area (Å²) in [6.45, 7) is 17.6. The normalized spacial score (nSPS) is 12.3. The Hall–Kier alpha value is -1.21. The van der Waals surface area contributed by atoms with E-state index in [2.05, 4.69) is 102 Å². The summed E-state index contributed by atoms with van der Waals surface area (Å²) >= 11 is 2.43. The molecule has 0 fully saturated rings. The fourth-order valence-electron chi connectivity index (χ4n) is 4.82. The second-order valence-corrected chi connectivity index (χ2v) is 15.2. The Morgan fingerprint density at radius 1 is 0.931 bits per heavy atom. The van der Waals surface area contributed by atoms with Crippen molar-refractivity contribution in [1.82, 2.24) is 9.88 Å². The molecule has 1 amide bonds. The van der Waals surface area contributed by atoms with Crippen molar-refractivity contribution in [2.45, 2.75) is 78.6 Å². The third-order valence-electron chi connectivity index (χ3n) is 5.92. The van der Waals surface area contributed by atoms with Crippen LogP contribution in [0.2, 0.25) is 11.1 Å². The predicted octanol–water partition coefficient (Wildman–Crippen LogP) is 5.33. The zero-order valence-electron chi connectivity index (χ0n) is 19.0. The number of hydrogen-bond donors (Lipinski definition) is 0. The minimum Gasteiger partial charge on any atom is -0.334 e. The first-order valence-corrected chi connectivity index (χ1v) is 13.8. The Morgan fingerprint density at radius 2 is 1.52 bits per heavy atom. The lowest BCUT2D eigenvalue weighted by Crippen LogP contribution is -2.64. The van der Waals surface area contributed by atoms with Gasteiger partial charge >= 0.3 is 0 Å². The highest BCUT2D eigenvalue weighted by Crippen LogP contribution is 2.33. The summed E-state index contributed by atoms with van der Waals surface area (Å²) < 4.78 is 1.18. The fourth-order valence-corrected chi connectivity index (χ4v) is 12.2. The van der Waals surface area contributed by atoms with E-state index in [1.165, 1.54) is 14.1 Å². The molecule has 0 saturated carbocycles. The maximum absolute atomic E-state index is 13.2. The summed E-state index contributed by atoms with van der Waals surface area (Å²) in [5, 5.41) is 2.62. The van der Waals surface area contributed by atoms with Gasteiger partial charge in [0.15, 0.2) is 0 Å². The summed E-state index contributed by atoms with van der Waals surface area (Å²) in [6.07, 6.45) is 1.91. The first-order chi connectivity index (χ1) is 13.5. The standard InChI is InChI=1S/C24H35IN2OSi/c1-16(2)27(17(3)4)24(28)20-12-13-22(21(25)15-20)29(18(5)6,19(7)8)23-11-9-10-14-26-23/h9-19H,1-8H3. The van der Waals surface area contributed by atoms with Crippen molar-refractivity contribution in [3.63, 3.8) is 0 Å². The van der Waals surface area contributed by atoms with Gasteiger partial charge in [-0.05, 0) is 90.8 Å². The first-order valence-electron chi connectivity index (χ1n) is 10.6. The average molecular weight is 523 g/mol. The minimum absolute atomic E-state index is 0.110. The van der Waals surface area contributed by atoms with Crippen LogP contribution in [0.5, 0.6) is 0 Å². The monoisotopic (exact) mass is 522 g/mol. The summed E-state index contributed by atoms with van der Waals surface area (Å²) in [6, 6.07) is 13.0. The van der Waals surface area contributed by atoms with Crippen LogP contribution >= 0.6 is 22.6 Å². The summed E-state index contributed by atoms with van der Waals surface area (Å²) in [4.78, 5) is 20.0. The molecule has 0 aliphatic rings. The van der Waals surface area contributed by atoms with E-state index in [0.29, 0.717) is 11.1 Å². The molecule has 0 unspecified atom stereocenters. The molecule has 0 radical (unpaired) electrons. The van der Waals surface area contributed by atoms with Crippen LogP contribution in [0.15, 0.2) is 42.6 Å². The highest BCUT2D eigenvalue weighted by Gasteiger charge is 2.46. The second kappa shape index (κ2) is 9.73. The molecule has 3 nitrogen and oxygen atoms in total. The molecule has 29 heavy (non-hydrogen) atoms. The third-order valence-corrected chi connectivity index (χ3v) is 13.4. The van der Waals surface area contributed by atoms with Gasteiger partial charge in [0.25, 0.3) is 5.91 Å².